The van der Waals surface area contributed by atoms with Crippen molar-refractivity contribution < 1.29 is 9.53 Å². The second-order valence-corrected chi connectivity index (χ2v) is 3.07. The van der Waals surface area contributed by atoms with Crippen LogP contribution < -0.4 is 0 Å². The molecule has 0 aliphatic carbocycles. The maximum Gasteiger partial charge on any atom is 0.142 e. The average Bonchev–Trinajstić information content (AvgIpc) is 2.34. The van der Waals surface area contributed by atoms with E-state index in [0.717, 1.165) is 17.6 Å². The minimum atomic E-state index is 0.521. The summed E-state index contributed by atoms with van der Waals surface area (Å²) in [6.07, 6.45) is 13.1. The number of carbonyl (C=O) groups excluding carboxylic acids is 1. The summed E-state index contributed by atoms with van der Waals surface area (Å²) in [4.78, 5) is 14.5. The Morgan fingerprint density at radius 2 is 2.06 bits per heavy atom. The smallest absolute Gasteiger partial charge is 0.142 e. The second-order valence-electron chi connectivity index (χ2n) is 3.07. The maximum atomic E-state index is 10.2. The quantitative estimate of drug-likeness (QED) is 0.293. The van der Waals surface area contributed by atoms with Crippen LogP contribution in [0, 0.1) is 0 Å². The molecule has 0 saturated carbocycles. The molecule has 3 nitrogen and oxygen atoms in total. The molecule has 17 heavy (non-hydrogen) atoms. The molecule has 0 atom stereocenters. The first kappa shape index (κ1) is 15.3. The number of aldehydes is 1. The number of hydrogen-bond acceptors (Lipinski definition) is 3. The highest BCUT2D eigenvalue weighted by Gasteiger charge is 1.97. The molecule has 0 aliphatic rings. The van der Waals surface area contributed by atoms with Gasteiger partial charge < -0.3 is 4.74 Å². The first-order chi connectivity index (χ1) is 8.29. The molecule has 0 radical (unpaired) electrons. The predicted octanol–water partition coefficient (Wildman–Crippen LogP) is 2.87. The van der Waals surface area contributed by atoms with Crippen LogP contribution in [0.1, 0.15) is 13.8 Å². The van der Waals surface area contributed by atoms with Gasteiger partial charge in [-0.2, -0.15) is 0 Å². The van der Waals surface area contributed by atoms with E-state index in [4.69, 9.17) is 4.74 Å². The number of rotatable bonds is 7. The lowest BCUT2D eigenvalue weighted by Crippen LogP contribution is -1.89. The first-order valence-corrected chi connectivity index (χ1v) is 5.43. The second kappa shape index (κ2) is 10.8. The molecule has 0 spiro atoms. The van der Waals surface area contributed by atoms with E-state index >= 15 is 0 Å². The fraction of sp³-hybridized carbons (Fsp3) is 0.286. The number of methoxy groups -OCH3 is 1. The van der Waals surface area contributed by atoms with Gasteiger partial charge in [-0.1, -0.05) is 18.2 Å². The van der Waals surface area contributed by atoms with Crippen molar-refractivity contribution in [3.05, 3.63) is 47.7 Å². The largest absolute Gasteiger partial charge is 0.381 e. The van der Waals surface area contributed by atoms with Crippen LogP contribution in [-0.2, 0) is 9.53 Å². The number of carbonyl (C=O) groups is 1. The minimum absolute atomic E-state index is 0.521. The van der Waals surface area contributed by atoms with Crippen molar-refractivity contribution >= 4 is 12.5 Å². The van der Waals surface area contributed by atoms with Gasteiger partial charge in [0.2, 0.25) is 0 Å². The van der Waals surface area contributed by atoms with E-state index in [9.17, 15) is 4.79 Å². The third-order valence-corrected chi connectivity index (χ3v) is 1.82. The highest BCUT2D eigenvalue weighted by Crippen LogP contribution is 2.13. The van der Waals surface area contributed by atoms with Crippen molar-refractivity contribution in [1.29, 1.82) is 0 Å². The molecular weight excluding hydrogens is 214 g/mol. The minimum Gasteiger partial charge on any atom is -0.381 e. The zero-order valence-corrected chi connectivity index (χ0v) is 10.6. The van der Waals surface area contributed by atoms with Crippen molar-refractivity contribution in [2.75, 3.05) is 13.7 Å². The molecule has 0 unspecified atom stereocenters. The normalized spacial score (nSPS) is 14.3. The van der Waals surface area contributed by atoms with E-state index in [1.54, 1.807) is 25.5 Å². The van der Waals surface area contributed by atoms with Crippen LogP contribution in [0.2, 0.25) is 0 Å². The van der Waals surface area contributed by atoms with Crippen molar-refractivity contribution in [3.63, 3.8) is 0 Å². The molecule has 0 aromatic carbocycles. The van der Waals surface area contributed by atoms with Gasteiger partial charge >= 0.3 is 0 Å². The van der Waals surface area contributed by atoms with Gasteiger partial charge in [-0.05, 0) is 37.6 Å². The molecule has 0 bridgehead atoms. The number of ether oxygens (including phenoxy) is 1. The molecule has 0 aliphatic heterocycles. The van der Waals surface area contributed by atoms with Crippen LogP contribution in [0.15, 0.2) is 52.7 Å². The van der Waals surface area contributed by atoms with Crippen LogP contribution in [0.25, 0.3) is 0 Å². The van der Waals surface area contributed by atoms with E-state index in [2.05, 4.69) is 4.99 Å². The summed E-state index contributed by atoms with van der Waals surface area (Å²) in [6, 6.07) is 0. The van der Waals surface area contributed by atoms with Crippen molar-refractivity contribution in [1.82, 2.24) is 0 Å². The molecule has 3 heteroatoms. The Morgan fingerprint density at radius 3 is 2.59 bits per heavy atom. The monoisotopic (exact) mass is 233 g/mol. The molecule has 0 amide bonds. The fourth-order valence-electron chi connectivity index (χ4n) is 1.16. The van der Waals surface area contributed by atoms with Crippen LogP contribution in [-0.4, -0.2) is 26.2 Å². The summed E-state index contributed by atoms with van der Waals surface area (Å²) in [7, 11) is 1.64. The summed E-state index contributed by atoms with van der Waals surface area (Å²) in [5.74, 6) is 0. The Kier molecular flexibility index (Phi) is 9.67. The third-order valence-electron chi connectivity index (χ3n) is 1.82. The van der Waals surface area contributed by atoms with Gasteiger partial charge in [-0.25, -0.2) is 0 Å². The van der Waals surface area contributed by atoms with Crippen LogP contribution in [0.5, 0.6) is 0 Å². The number of aliphatic imine (C=N–C) groups is 1. The Morgan fingerprint density at radius 1 is 1.29 bits per heavy atom. The maximum absolute atomic E-state index is 10.2. The molecule has 0 fully saturated rings. The summed E-state index contributed by atoms with van der Waals surface area (Å²) < 4.78 is 5.01. The zero-order valence-electron chi connectivity index (χ0n) is 10.6. The first-order valence-electron chi connectivity index (χ1n) is 5.43. The van der Waals surface area contributed by atoms with Gasteiger partial charge in [-0.15, -0.1) is 0 Å². The number of hydrogen-bond donors (Lipinski definition) is 0. The van der Waals surface area contributed by atoms with Crippen LogP contribution in [0.4, 0.5) is 0 Å². The molecule has 0 aromatic heterocycles. The molecule has 92 valence electrons. The van der Waals surface area contributed by atoms with Crippen LogP contribution >= 0.6 is 0 Å². The third kappa shape index (κ3) is 7.19. The zero-order chi connectivity index (χ0) is 12.9. The topological polar surface area (TPSA) is 38.7 Å². The summed E-state index contributed by atoms with van der Waals surface area (Å²) in [5.41, 5.74) is 1.75. The number of allylic oxidation sites excluding steroid dienone is 5. The van der Waals surface area contributed by atoms with Gasteiger partial charge in [0.15, 0.2) is 0 Å². The highest BCUT2D eigenvalue weighted by atomic mass is 16.5. The van der Waals surface area contributed by atoms with E-state index in [1.807, 2.05) is 32.1 Å². The van der Waals surface area contributed by atoms with E-state index in [0.29, 0.717) is 6.61 Å². The molecule has 0 heterocycles. The number of nitrogens with zero attached hydrogens (tertiary/aromatic N) is 1. The summed E-state index contributed by atoms with van der Waals surface area (Å²) >= 11 is 0. The molecule has 0 N–H and O–H groups in total. The lowest BCUT2D eigenvalue weighted by molar-refractivity contribution is -0.104. The van der Waals surface area contributed by atoms with E-state index < -0.39 is 0 Å². The Labute approximate surface area is 103 Å². The SMILES string of the molecule is CC=NC(=C\C=C\C=O)/C(/C=C\C)=C/COC. The van der Waals surface area contributed by atoms with Crippen molar-refractivity contribution in [2.24, 2.45) is 4.99 Å². The fourth-order valence-corrected chi connectivity index (χ4v) is 1.16. The predicted molar refractivity (Wildman–Crippen MR) is 72.2 cm³/mol. The summed E-state index contributed by atoms with van der Waals surface area (Å²) in [5, 5.41) is 0. The van der Waals surface area contributed by atoms with Gasteiger partial charge in [0.1, 0.15) is 6.29 Å². The molecule has 0 aromatic rings. The molecule has 0 saturated heterocycles. The Hall–Kier alpha value is -1.74. The lowest BCUT2D eigenvalue weighted by Gasteiger charge is -2.02. The van der Waals surface area contributed by atoms with Gasteiger partial charge in [0.25, 0.3) is 0 Å². The standard InChI is InChI=1S/C14H19NO2/c1-4-8-13(10-12-17-3)14(15-5-2)9-6-7-11-16/h4-11H,12H2,1-3H3/b7-6+,8-4-,13-10+,14-9-,15-5?. The van der Waals surface area contributed by atoms with E-state index in [1.165, 1.54) is 6.08 Å². The van der Waals surface area contributed by atoms with Crippen LogP contribution in [0.3, 0.4) is 0 Å². The molecular formula is C14H19NO2. The Bertz CT molecular complexity index is 360. The van der Waals surface area contributed by atoms with Crippen molar-refractivity contribution in [2.45, 2.75) is 13.8 Å². The summed E-state index contributed by atoms with van der Waals surface area (Å²) in [6.45, 7) is 4.31. The van der Waals surface area contributed by atoms with Gasteiger partial charge in [-0.3, -0.25) is 9.79 Å². The highest BCUT2D eigenvalue weighted by molar-refractivity contribution is 5.65. The lowest BCUT2D eigenvalue weighted by atomic mass is 10.1. The Balaban J connectivity index is 5.15. The molecule has 0 rings (SSSR count). The van der Waals surface area contributed by atoms with E-state index in [-0.39, 0.29) is 0 Å². The van der Waals surface area contributed by atoms with Crippen molar-refractivity contribution in [3.8, 4) is 0 Å². The van der Waals surface area contributed by atoms with Gasteiger partial charge in [0, 0.05) is 13.3 Å². The van der Waals surface area contributed by atoms with Gasteiger partial charge in [0.05, 0.1) is 12.3 Å². The average molecular weight is 233 g/mol.